The van der Waals surface area contributed by atoms with Crippen LogP contribution in [-0.4, -0.2) is 41.1 Å². The van der Waals surface area contributed by atoms with Gasteiger partial charge in [0.1, 0.15) is 5.75 Å². The lowest BCUT2D eigenvalue weighted by molar-refractivity contribution is 0.410. The van der Waals surface area contributed by atoms with E-state index >= 15 is 0 Å². The van der Waals surface area contributed by atoms with Gasteiger partial charge in [-0.1, -0.05) is 30.3 Å². The number of nitrogens with zero attached hydrogens (tertiary/aromatic N) is 1. The molecule has 2 aromatic carbocycles. The molecule has 0 bridgehead atoms. The number of methoxy groups -OCH3 is 1. The van der Waals surface area contributed by atoms with Gasteiger partial charge in [0.05, 0.1) is 18.6 Å². The highest BCUT2D eigenvalue weighted by molar-refractivity contribution is 14.0. The van der Waals surface area contributed by atoms with E-state index < -0.39 is 10.0 Å². The quantitative estimate of drug-likeness (QED) is 0.195. The van der Waals surface area contributed by atoms with Crippen LogP contribution in [0, 0.1) is 13.8 Å². The van der Waals surface area contributed by atoms with Crippen molar-refractivity contribution in [3.63, 3.8) is 0 Å². The van der Waals surface area contributed by atoms with E-state index in [2.05, 4.69) is 20.3 Å². The van der Waals surface area contributed by atoms with E-state index in [0.29, 0.717) is 30.5 Å². The molecule has 0 radical (unpaired) electrons. The van der Waals surface area contributed by atoms with Gasteiger partial charge in [0.2, 0.25) is 10.0 Å². The molecule has 166 valence electrons. The maximum absolute atomic E-state index is 12.6. The summed E-state index contributed by atoms with van der Waals surface area (Å²) in [5.41, 5.74) is 2.61. The lowest BCUT2D eigenvalue weighted by Crippen LogP contribution is -2.41. The Bertz CT molecular complexity index is 949. The Morgan fingerprint density at radius 1 is 1.07 bits per heavy atom. The zero-order chi connectivity index (χ0) is 21.3. The fourth-order valence-electron chi connectivity index (χ4n) is 2.78. The minimum Gasteiger partial charge on any atom is -0.496 e. The van der Waals surface area contributed by atoms with Crippen LogP contribution in [0.3, 0.4) is 0 Å². The molecule has 0 spiro atoms. The van der Waals surface area contributed by atoms with Crippen LogP contribution >= 0.6 is 24.0 Å². The predicted octanol–water partition coefficient (Wildman–Crippen LogP) is 2.96. The monoisotopic (exact) mass is 546 g/mol. The summed E-state index contributed by atoms with van der Waals surface area (Å²) < 4.78 is 33.1. The van der Waals surface area contributed by atoms with Crippen molar-refractivity contribution in [3.05, 3.63) is 59.2 Å². The number of aryl methyl sites for hydroxylation is 2. The first-order valence-corrected chi connectivity index (χ1v) is 11.1. The molecule has 0 amide bonds. The first kappa shape index (κ1) is 26.2. The number of rotatable bonds is 9. The molecule has 0 aliphatic rings. The van der Waals surface area contributed by atoms with E-state index in [4.69, 9.17) is 4.74 Å². The van der Waals surface area contributed by atoms with Gasteiger partial charge in [-0.3, -0.25) is 0 Å². The normalized spacial score (nSPS) is 11.5. The second kappa shape index (κ2) is 12.8. The Morgan fingerprint density at radius 2 is 1.80 bits per heavy atom. The molecular formula is C21H31IN4O3S. The van der Waals surface area contributed by atoms with Crippen LogP contribution < -0.4 is 20.1 Å². The third kappa shape index (κ3) is 7.77. The van der Waals surface area contributed by atoms with Gasteiger partial charge in [-0.2, -0.15) is 0 Å². The number of ether oxygens (including phenoxy) is 1. The lowest BCUT2D eigenvalue weighted by atomic mass is 10.2. The highest BCUT2D eigenvalue weighted by Gasteiger charge is 2.16. The number of halogens is 1. The van der Waals surface area contributed by atoms with Crippen molar-refractivity contribution in [1.29, 1.82) is 0 Å². The standard InChI is InChI=1S/C21H30N4O3S.HI/c1-5-22-21(24-15-18-8-6-7-9-19(18)28-4)23-12-13-25-29(26,27)20-14-16(2)10-11-17(20)3;/h6-11,14,25H,5,12-13,15H2,1-4H3,(H2,22,23,24);1H. The SMILES string of the molecule is CCNC(=NCc1ccccc1OC)NCCNS(=O)(=O)c1cc(C)ccc1C.I. The second-order valence-electron chi connectivity index (χ2n) is 6.60. The van der Waals surface area contributed by atoms with Crippen molar-refractivity contribution < 1.29 is 13.2 Å². The second-order valence-corrected chi connectivity index (χ2v) is 8.34. The van der Waals surface area contributed by atoms with Crippen LogP contribution in [-0.2, 0) is 16.6 Å². The van der Waals surface area contributed by atoms with Crippen molar-refractivity contribution in [1.82, 2.24) is 15.4 Å². The molecule has 0 saturated heterocycles. The summed E-state index contributed by atoms with van der Waals surface area (Å²) in [6.07, 6.45) is 0. The third-order valence-corrected chi connectivity index (χ3v) is 5.89. The van der Waals surface area contributed by atoms with Crippen LogP contribution in [0.1, 0.15) is 23.6 Å². The molecule has 0 unspecified atom stereocenters. The maximum atomic E-state index is 12.6. The highest BCUT2D eigenvalue weighted by Crippen LogP contribution is 2.18. The van der Waals surface area contributed by atoms with E-state index in [9.17, 15) is 8.42 Å². The molecule has 9 heteroatoms. The Balaban J connectivity index is 0.00000450. The average Bonchev–Trinajstić information content (AvgIpc) is 2.71. The van der Waals surface area contributed by atoms with E-state index in [1.807, 2.05) is 50.2 Å². The Morgan fingerprint density at radius 3 is 2.50 bits per heavy atom. The molecule has 0 heterocycles. The van der Waals surface area contributed by atoms with Crippen molar-refractivity contribution >= 4 is 40.0 Å². The Kier molecular flexibility index (Phi) is 11.1. The molecule has 0 saturated carbocycles. The fourth-order valence-corrected chi connectivity index (χ4v) is 4.14. The molecule has 30 heavy (non-hydrogen) atoms. The molecular weight excluding hydrogens is 515 g/mol. The van der Waals surface area contributed by atoms with E-state index in [0.717, 1.165) is 22.4 Å². The summed E-state index contributed by atoms with van der Waals surface area (Å²) in [4.78, 5) is 4.86. The number of benzene rings is 2. The van der Waals surface area contributed by atoms with Gasteiger partial charge in [-0.15, -0.1) is 24.0 Å². The molecule has 0 fully saturated rings. The van der Waals surface area contributed by atoms with Crippen LogP contribution in [0.15, 0.2) is 52.4 Å². The molecule has 2 aromatic rings. The Hall–Kier alpha value is -1.85. The van der Waals surface area contributed by atoms with Crippen LogP contribution in [0.4, 0.5) is 0 Å². The molecule has 0 atom stereocenters. The molecule has 3 N–H and O–H groups in total. The van der Waals surface area contributed by atoms with Crippen molar-refractivity contribution in [2.24, 2.45) is 4.99 Å². The number of aliphatic imine (C=N–C) groups is 1. The molecule has 2 rings (SSSR count). The van der Waals surface area contributed by atoms with Gasteiger partial charge >= 0.3 is 0 Å². The molecule has 0 aromatic heterocycles. The maximum Gasteiger partial charge on any atom is 0.240 e. The first-order chi connectivity index (χ1) is 13.9. The van der Waals surface area contributed by atoms with Crippen molar-refractivity contribution in [3.8, 4) is 5.75 Å². The van der Waals surface area contributed by atoms with Crippen LogP contribution in [0.5, 0.6) is 5.75 Å². The minimum atomic E-state index is -3.55. The summed E-state index contributed by atoms with van der Waals surface area (Å²) in [6.45, 7) is 7.45. The van der Waals surface area contributed by atoms with Gasteiger partial charge in [0.25, 0.3) is 0 Å². The molecule has 0 aliphatic heterocycles. The van der Waals surface area contributed by atoms with E-state index in [1.54, 1.807) is 20.1 Å². The van der Waals surface area contributed by atoms with Gasteiger partial charge in [0.15, 0.2) is 5.96 Å². The number of nitrogens with one attached hydrogen (secondary N) is 3. The zero-order valence-corrected chi connectivity index (χ0v) is 21.0. The largest absolute Gasteiger partial charge is 0.496 e. The number of guanidine groups is 1. The number of hydrogen-bond donors (Lipinski definition) is 3. The van der Waals surface area contributed by atoms with Crippen molar-refractivity contribution in [2.45, 2.75) is 32.2 Å². The van der Waals surface area contributed by atoms with E-state index in [-0.39, 0.29) is 30.5 Å². The number of para-hydroxylation sites is 1. The summed E-state index contributed by atoms with van der Waals surface area (Å²) in [7, 11) is -1.92. The topological polar surface area (TPSA) is 91.8 Å². The predicted molar refractivity (Wildman–Crippen MR) is 132 cm³/mol. The summed E-state index contributed by atoms with van der Waals surface area (Å²) >= 11 is 0. The van der Waals surface area contributed by atoms with E-state index in [1.165, 1.54) is 0 Å². The molecule has 0 aliphatic carbocycles. The third-order valence-electron chi connectivity index (χ3n) is 4.29. The van der Waals surface area contributed by atoms with Gasteiger partial charge in [-0.05, 0) is 44.0 Å². The van der Waals surface area contributed by atoms with Crippen LogP contribution in [0.2, 0.25) is 0 Å². The minimum absolute atomic E-state index is 0. The summed E-state index contributed by atoms with van der Waals surface area (Å²) in [5.74, 6) is 1.40. The van der Waals surface area contributed by atoms with Gasteiger partial charge in [0, 0.05) is 25.2 Å². The Labute approximate surface area is 196 Å². The fraction of sp³-hybridized carbons (Fsp3) is 0.381. The first-order valence-electron chi connectivity index (χ1n) is 9.58. The van der Waals surface area contributed by atoms with Crippen molar-refractivity contribution in [2.75, 3.05) is 26.7 Å². The smallest absolute Gasteiger partial charge is 0.240 e. The highest BCUT2D eigenvalue weighted by atomic mass is 127. The van der Waals surface area contributed by atoms with Gasteiger partial charge < -0.3 is 15.4 Å². The summed E-state index contributed by atoms with van der Waals surface area (Å²) in [6, 6.07) is 13.1. The molecule has 7 nitrogen and oxygen atoms in total. The summed E-state index contributed by atoms with van der Waals surface area (Å²) in [5, 5.41) is 6.31. The number of hydrogen-bond acceptors (Lipinski definition) is 4. The van der Waals surface area contributed by atoms with Crippen LogP contribution in [0.25, 0.3) is 0 Å². The lowest BCUT2D eigenvalue weighted by Gasteiger charge is -2.13. The zero-order valence-electron chi connectivity index (χ0n) is 17.9. The average molecular weight is 546 g/mol. The number of sulfonamides is 1. The van der Waals surface area contributed by atoms with Gasteiger partial charge in [-0.25, -0.2) is 18.1 Å².